The molecule has 0 saturated heterocycles. The number of pyridine rings is 1. The summed E-state index contributed by atoms with van der Waals surface area (Å²) in [5.74, 6) is -0.433. The van der Waals surface area contributed by atoms with Crippen LogP contribution in [0.1, 0.15) is 40.4 Å². The maximum absolute atomic E-state index is 12.8. The Morgan fingerprint density at radius 1 is 1.41 bits per heavy atom. The molecule has 27 heavy (non-hydrogen) atoms. The number of aryl methyl sites for hydroxylation is 1. The van der Waals surface area contributed by atoms with Gasteiger partial charge in [0.1, 0.15) is 5.01 Å². The van der Waals surface area contributed by atoms with Crippen LogP contribution < -0.4 is 5.32 Å². The zero-order chi connectivity index (χ0) is 19.6. The van der Waals surface area contributed by atoms with Crippen LogP contribution in [0.3, 0.4) is 0 Å². The van der Waals surface area contributed by atoms with Crippen LogP contribution >= 0.6 is 11.3 Å². The topological polar surface area (TPSA) is 72.7 Å². The second-order valence-corrected chi connectivity index (χ2v) is 6.69. The molecule has 3 aromatic rings. The lowest BCUT2D eigenvalue weighted by Gasteiger charge is -2.15. The number of hydrogen-bond donors (Lipinski definition) is 1. The highest BCUT2D eigenvalue weighted by Crippen LogP contribution is 2.32. The molecular formula is C17H16F3N5OS. The SMILES string of the molecule is CCC(NC(=O)c1cccnc1-c1cnn(C)c1)c1nc(C(F)(F)F)cs1. The van der Waals surface area contributed by atoms with Crippen molar-refractivity contribution < 1.29 is 18.0 Å². The van der Waals surface area contributed by atoms with Crippen molar-refractivity contribution >= 4 is 17.2 Å². The van der Waals surface area contributed by atoms with Gasteiger partial charge in [0.2, 0.25) is 0 Å². The molecule has 0 fully saturated rings. The van der Waals surface area contributed by atoms with E-state index in [-0.39, 0.29) is 5.01 Å². The van der Waals surface area contributed by atoms with E-state index in [1.807, 2.05) is 0 Å². The molecule has 3 aromatic heterocycles. The minimum absolute atomic E-state index is 0.213. The molecule has 0 saturated carbocycles. The lowest BCUT2D eigenvalue weighted by Crippen LogP contribution is -2.28. The van der Waals surface area contributed by atoms with E-state index >= 15 is 0 Å². The number of hydrogen-bond acceptors (Lipinski definition) is 5. The normalized spacial score (nSPS) is 12.8. The van der Waals surface area contributed by atoms with E-state index in [1.54, 1.807) is 49.4 Å². The van der Waals surface area contributed by atoms with Gasteiger partial charge in [0.15, 0.2) is 5.69 Å². The van der Waals surface area contributed by atoms with Crippen molar-refractivity contribution in [3.05, 3.63) is 52.4 Å². The highest BCUT2D eigenvalue weighted by molar-refractivity contribution is 7.09. The van der Waals surface area contributed by atoms with E-state index in [4.69, 9.17) is 0 Å². The molecule has 1 atom stereocenters. The van der Waals surface area contributed by atoms with Gasteiger partial charge >= 0.3 is 6.18 Å². The molecule has 1 amide bonds. The third kappa shape index (κ3) is 4.16. The second-order valence-electron chi connectivity index (χ2n) is 5.81. The summed E-state index contributed by atoms with van der Waals surface area (Å²) in [5.41, 5.74) is 0.488. The first-order chi connectivity index (χ1) is 12.8. The van der Waals surface area contributed by atoms with Crippen LogP contribution in [0.15, 0.2) is 36.1 Å². The highest BCUT2D eigenvalue weighted by atomic mass is 32.1. The Balaban J connectivity index is 1.85. The van der Waals surface area contributed by atoms with Crippen LogP contribution in [0.5, 0.6) is 0 Å². The Morgan fingerprint density at radius 2 is 2.19 bits per heavy atom. The van der Waals surface area contributed by atoms with Crippen LogP contribution in [0, 0.1) is 0 Å². The molecule has 0 radical (unpaired) electrons. The monoisotopic (exact) mass is 395 g/mol. The maximum atomic E-state index is 12.8. The van der Waals surface area contributed by atoms with Crippen molar-refractivity contribution in [3.63, 3.8) is 0 Å². The molecule has 3 heterocycles. The number of rotatable bonds is 5. The van der Waals surface area contributed by atoms with Crippen LogP contribution in [-0.2, 0) is 13.2 Å². The molecular weight excluding hydrogens is 379 g/mol. The van der Waals surface area contributed by atoms with E-state index in [2.05, 4.69) is 20.4 Å². The van der Waals surface area contributed by atoms with Gasteiger partial charge in [-0.3, -0.25) is 14.5 Å². The molecule has 3 rings (SSSR count). The van der Waals surface area contributed by atoms with Crippen molar-refractivity contribution in [1.82, 2.24) is 25.1 Å². The molecule has 1 unspecified atom stereocenters. The van der Waals surface area contributed by atoms with Crippen molar-refractivity contribution in [1.29, 1.82) is 0 Å². The molecule has 0 spiro atoms. The molecule has 0 aliphatic carbocycles. The fraction of sp³-hybridized carbons (Fsp3) is 0.294. The summed E-state index contributed by atoms with van der Waals surface area (Å²) in [6, 6.07) is 2.61. The number of thiazole rings is 1. The van der Waals surface area contributed by atoms with Crippen LogP contribution in [0.4, 0.5) is 13.2 Å². The molecule has 6 nitrogen and oxygen atoms in total. The first-order valence-corrected chi connectivity index (χ1v) is 8.95. The van der Waals surface area contributed by atoms with Gasteiger partial charge in [-0.2, -0.15) is 18.3 Å². The van der Waals surface area contributed by atoms with Gasteiger partial charge in [0.05, 0.1) is 23.5 Å². The molecule has 10 heteroatoms. The minimum atomic E-state index is -4.51. The maximum Gasteiger partial charge on any atom is 0.434 e. The molecule has 1 N–H and O–H groups in total. The molecule has 0 aliphatic heterocycles. The van der Waals surface area contributed by atoms with Crippen molar-refractivity contribution in [2.75, 3.05) is 0 Å². The smallest absolute Gasteiger partial charge is 0.343 e. The lowest BCUT2D eigenvalue weighted by molar-refractivity contribution is -0.140. The van der Waals surface area contributed by atoms with Crippen LogP contribution in [0.25, 0.3) is 11.3 Å². The number of nitrogens with zero attached hydrogens (tertiary/aromatic N) is 4. The Kier molecular flexibility index (Phi) is 5.26. The van der Waals surface area contributed by atoms with E-state index in [0.29, 0.717) is 23.2 Å². The fourth-order valence-electron chi connectivity index (χ4n) is 2.51. The van der Waals surface area contributed by atoms with Gasteiger partial charge in [-0.1, -0.05) is 6.92 Å². The third-order valence-corrected chi connectivity index (χ3v) is 4.81. The summed E-state index contributed by atoms with van der Waals surface area (Å²) in [6.45, 7) is 1.77. The standard InChI is InChI=1S/C17H16F3N5OS/c1-3-12(16-24-13(9-27-16)17(18,19)20)23-15(26)11-5-4-6-21-14(11)10-7-22-25(2)8-10/h4-9,12H,3H2,1-2H3,(H,23,26). The summed E-state index contributed by atoms with van der Waals surface area (Å²) >= 11 is 0.875. The predicted molar refractivity (Wildman–Crippen MR) is 94.1 cm³/mol. The zero-order valence-electron chi connectivity index (χ0n) is 14.5. The van der Waals surface area contributed by atoms with E-state index in [9.17, 15) is 18.0 Å². The molecule has 0 aromatic carbocycles. The number of aromatic nitrogens is 4. The molecule has 0 bridgehead atoms. The van der Waals surface area contributed by atoms with E-state index in [0.717, 1.165) is 16.7 Å². The third-order valence-electron chi connectivity index (χ3n) is 3.85. The van der Waals surface area contributed by atoms with Crippen LogP contribution in [0.2, 0.25) is 0 Å². The Hall–Kier alpha value is -2.75. The number of amides is 1. The Bertz CT molecular complexity index is 950. The van der Waals surface area contributed by atoms with Gasteiger partial charge in [-0.15, -0.1) is 11.3 Å². The predicted octanol–water partition coefficient (Wildman–Crippen LogP) is 3.84. The number of nitrogens with one attached hydrogen (secondary N) is 1. The Labute approximate surface area is 157 Å². The van der Waals surface area contributed by atoms with Crippen molar-refractivity contribution in [2.24, 2.45) is 7.05 Å². The van der Waals surface area contributed by atoms with E-state index in [1.165, 1.54) is 0 Å². The molecule has 142 valence electrons. The largest absolute Gasteiger partial charge is 0.434 e. The first kappa shape index (κ1) is 19.0. The summed E-state index contributed by atoms with van der Waals surface area (Å²) in [5, 5.41) is 8.00. The fourth-order valence-corrected chi connectivity index (χ4v) is 3.47. The number of carbonyl (C=O) groups is 1. The van der Waals surface area contributed by atoms with Gasteiger partial charge in [0.25, 0.3) is 5.91 Å². The van der Waals surface area contributed by atoms with Gasteiger partial charge in [0, 0.05) is 30.4 Å². The summed E-state index contributed by atoms with van der Waals surface area (Å²) in [4.78, 5) is 20.7. The highest BCUT2D eigenvalue weighted by Gasteiger charge is 2.34. The average Bonchev–Trinajstić information content (AvgIpc) is 3.28. The summed E-state index contributed by atoms with van der Waals surface area (Å²) in [6.07, 6.45) is 0.777. The molecule has 0 aliphatic rings. The number of alkyl halides is 3. The van der Waals surface area contributed by atoms with Crippen LogP contribution in [-0.4, -0.2) is 25.7 Å². The van der Waals surface area contributed by atoms with Crippen molar-refractivity contribution in [2.45, 2.75) is 25.6 Å². The second kappa shape index (κ2) is 7.47. The van der Waals surface area contributed by atoms with E-state index < -0.39 is 23.8 Å². The first-order valence-electron chi connectivity index (χ1n) is 8.07. The van der Waals surface area contributed by atoms with Gasteiger partial charge in [-0.05, 0) is 18.6 Å². The van der Waals surface area contributed by atoms with Gasteiger partial charge < -0.3 is 5.32 Å². The lowest BCUT2D eigenvalue weighted by atomic mass is 10.1. The van der Waals surface area contributed by atoms with Crippen molar-refractivity contribution in [3.8, 4) is 11.3 Å². The summed E-state index contributed by atoms with van der Waals surface area (Å²) in [7, 11) is 1.75. The number of halogens is 3. The summed E-state index contributed by atoms with van der Waals surface area (Å²) < 4.78 is 39.9. The quantitative estimate of drug-likeness (QED) is 0.713. The minimum Gasteiger partial charge on any atom is -0.343 e. The van der Waals surface area contributed by atoms with Gasteiger partial charge in [-0.25, -0.2) is 4.98 Å². The Morgan fingerprint density at radius 3 is 2.78 bits per heavy atom. The zero-order valence-corrected chi connectivity index (χ0v) is 15.3. The number of carbonyl (C=O) groups excluding carboxylic acids is 1. The average molecular weight is 395 g/mol.